The van der Waals surface area contributed by atoms with Crippen molar-refractivity contribution >= 4 is 22.9 Å². The Labute approximate surface area is 227 Å². The van der Waals surface area contributed by atoms with Crippen LogP contribution in [0, 0.1) is 0 Å². The number of methoxy groups -OCH3 is 1. The van der Waals surface area contributed by atoms with Crippen LogP contribution in [-0.2, 0) is 4.79 Å². The SMILES string of the molecule is COc1cc([C@@H]2Nc3ccc(C(=O)c4ccccc4)cc3NC3=C2C(=O)C[C@@H](c2ccccc2)C3)ccc1O. The fourth-order valence-electron chi connectivity index (χ4n) is 5.53. The van der Waals surface area contributed by atoms with Gasteiger partial charge in [0.1, 0.15) is 0 Å². The van der Waals surface area contributed by atoms with Gasteiger partial charge < -0.3 is 20.5 Å². The van der Waals surface area contributed by atoms with E-state index in [2.05, 4.69) is 22.8 Å². The Bertz CT molecular complexity index is 1600. The number of allylic oxidation sites excluding steroid dienone is 1. The number of fused-ring (bicyclic) bond motifs is 1. The fourth-order valence-corrected chi connectivity index (χ4v) is 5.53. The van der Waals surface area contributed by atoms with Crippen molar-refractivity contribution in [2.75, 3.05) is 17.7 Å². The topological polar surface area (TPSA) is 87.7 Å². The van der Waals surface area contributed by atoms with E-state index < -0.39 is 6.04 Å². The maximum absolute atomic E-state index is 13.8. The number of ether oxygens (including phenoxy) is 1. The van der Waals surface area contributed by atoms with E-state index in [9.17, 15) is 14.7 Å². The summed E-state index contributed by atoms with van der Waals surface area (Å²) in [5.74, 6) is 0.389. The molecule has 194 valence electrons. The Morgan fingerprint density at radius 3 is 2.31 bits per heavy atom. The average Bonchev–Trinajstić information content (AvgIpc) is 3.14. The summed E-state index contributed by atoms with van der Waals surface area (Å²) in [6.45, 7) is 0. The molecule has 3 N–H and O–H groups in total. The van der Waals surface area contributed by atoms with Gasteiger partial charge in [0.25, 0.3) is 0 Å². The van der Waals surface area contributed by atoms with Gasteiger partial charge in [0.15, 0.2) is 23.1 Å². The van der Waals surface area contributed by atoms with E-state index in [0.717, 1.165) is 28.2 Å². The zero-order valence-electron chi connectivity index (χ0n) is 21.5. The zero-order chi connectivity index (χ0) is 26.9. The molecule has 0 fully saturated rings. The number of aromatic hydroxyl groups is 1. The smallest absolute Gasteiger partial charge is 0.193 e. The van der Waals surface area contributed by atoms with Gasteiger partial charge in [-0.3, -0.25) is 9.59 Å². The van der Waals surface area contributed by atoms with Crippen LogP contribution >= 0.6 is 0 Å². The average molecular weight is 517 g/mol. The molecule has 0 spiro atoms. The number of phenols is 1. The van der Waals surface area contributed by atoms with Crippen molar-refractivity contribution < 1.29 is 19.4 Å². The highest BCUT2D eigenvalue weighted by Crippen LogP contribution is 2.45. The quantitative estimate of drug-likeness (QED) is 0.259. The summed E-state index contributed by atoms with van der Waals surface area (Å²) in [5.41, 5.74) is 6.08. The highest BCUT2D eigenvalue weighted by atomic mass is 16.5. The van der Waals surface area contributed by atoms with Crippen molar-refractivity contribution in [2.45, 2.75) is 24.8 Å². The molecule has 6 rings (SSSR count). The van der Waals surface area contributed by atoms with Crippen LogP contribution in [0.1, 0.15) is 51.8 Å². The van der Waals surface area contributed by atoms with E-state index >= 15 is 0 Å². The van der Waals surface area contributed by atoms with Crippen molar-refractivity contribution in [1.29, 1.82) is 0 Å². The van der Waals surface area contributed by atoms with Crippen molar-refractivity contribution in [3.05, 3.63) is 131 Å². The van der Waals surface area contributed by atoms with Gasteiger partial charge in [-0.2, -0.15) is 0 Å². The van der Waals surface area contributed by atoms with Gasteiger partial charge in [-0.25, -0.2) is 0 Å². The van der Waals surface area contributed by atoms with Gasteiger partial charge in [0.05, 0.1) is 24.5 Å². The summed E-state index contributed by atoms with van der Waals surface area (Å²) in [6.07, 6.45) is 1.04. The van der Waals surface area contributed by atoms with Crippen LogP contribution in [0.4, 0.5) is 11.4 Å². The van der Waals surface area contributed by atoms with Gasteiger partial charge in [-0.05, 0) is 53.8 Å². The van der Waals surface area contributed by atoms with Crippen LogP contribution in [0.15, 0.2) is 108 Å². The molecule has 0 bridgehead atoms. The first kappa shape index (κ1) is 24.5. The Morgan fingerprint density at radius 2 is 1.56 bits per heavy atom. The second-order valence-electron chi connectivity index (χ2n) is 9.92. The minimum atomic E-state index is -0.469. The van der Waals surface area contributed by atoms with Crippen molar-refractivity contribution in [1.82, 2.24) is 0 Å². The number of benzene rings is 4. The fraction of sp³-hybridized carbons (Fsp3) is 0.152. The first-order valence-corrected chi connectivity index (χ1v) is 13.0. The van der Waals surface area contributed by atoms with Crippen LogP contribution in [0.3, 0.4) is 0 Å². The molecular formula is C33H28N2O4. The van der Waals surface area contributed by atoms with E-state index in [4.69, 9.17) is 4.74 Å². The van der Waals surface area contributed by atoms with E-state index in [0.29, 0.717) is 35.3 Å². The van der Waals surface area contributed by atoms with Crippen LogP contribution < -0.4 is 15.4 Å². The number of anilines is 2. The molecule has 1 aliphatic carbocycles. The maximum Gasteiger partial charge on any atom is 0.193 e. The minimum absolute atomic E-state index is 0.0331. The van der Waals surface area contributed by atoms with Gasteiger partial charge in [-0.1, -0.05) is 66.7 Å². The summed E-state index contributed by atoms with van der Waals surface area (Å²) >= 11 is 0. The molecule has 2 aliphatic rings. The van der Waals surface area contributed by atoms with Crippen molar-refractivity contribution in [3.63, 3.8) is 0 Å². The lowest BCUT2D eigenvalue weighted by molar-refractivity contribution is -0.116. The molecule has 39 heavy (non-hydrogen) atoms. The van der Waals surface area contributed by atoms with Crippen LogP contribution in [-0.4, -0.2) is 23.8 Å². The normalized spacial score (nSPS) is 18.2. The van der Waals surface area contributed by atoms with Gasteiger partial charge in [-0.15, -0.1) is 0 Å². The number of Topliss-reactive ketones (excluding diaryl/α,β-unsaturated/α-hetero) is 1. The van der Waals surface area contributed by atoms with Crippen LogP contribution in [0.5, 0.6) is 11.5 Å². The highest BCUT2D eigenvalue weighted by molar-refractivity contribution is 6.10. The van der Waals surface area contributed by atoms with E-state index in [-0.39, 0.29) is 23.2 Å². The predicted octanol–water partition coefficient (Wildman–Crippen LogP) is 6.61. The van der Waals surface area contributed by atoms with Gasteiger partial charge in [0, 0.05) is 28.8 Å². The molecule has 0 radical (unpaired) electrons. The maximum atomic E-state index is 13.8. The van der Waals surface area contributed by atoms with E-state index in [1.54, 1.807) is 36.4 Å². The molecule has 2 atom stereocenters. The summed E-state index contributed by atoms with van der Waals surface area (Å²) < 4.78 is 5.37. The second-order valence-corrected chi connectivity index (χ2v) is 9.92. The molecule has 6 nitrogen and oxygen atoms in total. The van der Waals surface area contributed by atoms with E-state index in [1.165, 1.54) is 7.11 Å². The highest BCUT2D eigenvalue weighted by Gasteiger charge is 2.36. The summed E-state index contributed by atoms with van der Waals surface area (Å²) in [5, 5.41) is 17.3. The lowest BCUT2D eigenvalue weighted by atomic mass is 9.78. The molecule has 1 aliphatic heterocycles. The lowest BCUT2D eigenvalue weighted by Gasteiger charge is -2.30. The van der Waals surface area contributed by atoms with Gasteiger partial charge >= 0.3 is 0 Å². The molecule has 0 saturated heterocycles. The van der Waals surface area contributed by atoms with Gasteiger partial charge in [0.2, 0.25) is 0 Å². The number of hydrogen-bond donors (Lipinski definition) is 3. The second kappa shape index (κ2) is 10.1. The molecule has 4 aromatic rings. The Kier molecular flexibility index (Phi) is 6.37. The Balaban J connectivity index is 1.45. The van der Waals surface area contributed by atoms with Crippen LogP contribution in [0.2, 0.25) is 0 Å². The number of carbonyl (C=O) groups is 2. The van der Waals surface area contributed by atoms with Crippen LogP contribution in [0.25, 0.3) is 0 Å². The third-order valence-electron chi connectivity index (χ3n) is 7.51. The third-order valence-corrected chi connectivity index (χ3v) is 7.51. The Hall–Kier alpha value is -4.84. The van der Waals surface area contributed by atoms with Crippen molar-refractivity contribution in [3.8, 4) is 11.5 Å². The molecule has 0 amide bonds. The molecular weight excluding hydrogens is 488 g/mol. The monoisotopic (exact) mass is 516 g/mol. The molecule has 6 heteroatoms. The molecule has 0 aromatic heterocycles. The predicted molar refractivity (Wildman–Crippen MR) is 151 cm³/mol. The van der Waals surface area contributed by atoms with E-state index in [1.807, 2.05) is 48.5 Å². The first-order valence-electron chi connectivity index (χ1n) is 13.0. The number of carbonyl (C=O) groups excluding carboxylic acids is 2. The number of rotatable bonds is 5. The molecule has 1 heterocycles. The largest absolute Gasteiger partial charge is 0.504 e. The lowest BCUT2D eigenvalue weighted by Crippen LogP contribution is -2.26. The number of ketones is 2. The minimum Gasteiger partial charge on any atom is -0.504 e. The third kappa shape index (κ3) is 4.66. The first-order chi connectivity index (χ1) is 19.0. The number of phenolic OH excluding ortho intramolecular Hbond substituents is 1. The summed E-state index contributed by atoms with van der Waals surface area (Å²) in [4.78, 5) is 27.0. The standard InChI is InChI=1S/C33H28N2O4/c1-39-30-19-22(13-15-28(30)36)32-31-27(17-24(18-29(31)37)20-8-4-2-5-9-20)34-26-16-23(12-14-25(26)35-32)33(38)21-10-6-3-7-11-21/h2-16,19,24,32,34-36H,17-18H2,1H3/t24-,32-/m0/s1. The summed E-state index contributed by atoms with van der Waals surface area (Å²) in [7, 11) is 1.50. The number of hydrogen-bond acceptors (Lipinski definition) is 6. The van der Waals surface area contributed by atoms with Crippen molar-refractivity contribution in [2.24, 2.45) is 0 Å². The zero-order valence-corrected chi connectivity index (χ0v) is 21.5. The summed E-state index contributed by atoms with van der Waals surface area (Å²) in [6, 6.07) is 29.5. The molecule has 0 saturated carbocycles. The molecule has 0 unspecified atom stereocenters. The number of nitrogens with one attached hydrogen (secondary N) is 2. The molecule has 4 aromatic carbocycles. The Morgan fingerprint density at radius 1 is 0.821 bits per heavy atom.